The van der Waals surface area contributed by atoms with Gasteiger partial charge in [-0.05, 0) is 25.5 Å². The number of piperidine rings is 1. The zero-order chi connectivity index (χ0) is 17.0. The van der Waals surface area contributed by atoms with E-state index in [0.717, 1.165) is 35.3 Å². The smallest absolute Gasteiger partial charge is 0.332 e. The Kier molecular flexibility index (Phi) is 3.07. The largest absolute Gasteiger partial charge is 0.618 e. The van der Waals surface area contributed by atoms with Crippen LogP contribution in [0.5, 0.6) is 0 Å². The van der Waals surface area contributed by atoms with Gasteiger partial charge < -0.3 is 9.94 Å². The van der Waals surface area contributed by atoms with Gasteiger partial charge in [-0.15, -0.1) is 0 Å². The highest BCUT2D eigenvalue weighted by Gasteiger charge is 2.61. The Balaban J connectivity index is 1.59. The van der Waals surface area contributed by atoms with E-state index < -0.39 is 5.60 Å². The maximum absolute atomic E-state index is 12.1. The van der Waals surface area contributed by atoms with Gasteiger partial charge in [-0.25, -0.2) is 4.79 Å². The van der Waals surface area contributed by atoms with Crippen LogP contribution in [-0.4, -0.2) is 35.1 Å². The maximum Gasteiger partial charge on any atom is 0.332 e. The molecule has 5 heteroatoms. The first-order valence-corrected chi connectivity index (χ1v) is 8.81. The van der Waals surface area contributed by atoms with Crippen molar-refractivity contribution >= 4 is 5.97 Å². The van der Waals surface area contributed by atoms with Crippen molar-refractivity contribution in [3.05, 3.63) is 58.6 Å². The highest BCUT2D eigenvalue weighted by Crippen LogP contribution is 2.53. The van der Waals surface area contributed by atoms with Crippen LogP contribution in [0, 0.1) is 17.0 Å². The summed E-state index contributed by atoms with van der Waals surface area (Å²) in [5.41, 5.74) is 1.61. The van der Waals surface area contributed by atoms with Gasteiger partial charge in [0.2, 0.25) is 0 Å². The molecule has 2 fully saturated rings. The molecule has 0 aromatic carbocycles. The quantitative estimate of drug-likeness (QED) is 0.312. The number of pyridine rings is 1. The van der Waals surface area contributed by atoms with Crippen molar-refractivity contribution < 1.29 is 14.3 Å². The van der Waals surface area contributed by atoms with Crippen LogP contribution < -0.4 is 4.73 Å². The van der Waals surface area contributed by atoms with Gasteiger partial charge in [0.1, 0.15) is 0 Å². The monoisotopic (exact) mass is 334 g/mol. The number of carbonyl (C=O) groups is 1. The van der Waals surface area contributed by atoms with Gasteiger partial charge in [0, 0.05) is 47.7 Å². The average molecular weight is 334 g/mol. The van der Waals surface area contributed by atoms with Crippen LogP contribution in [-0.2, 0) is 9.53 Å². The summed E-state index contributed by atoms with van der Waals surface area (Å²) in [7, 11) is 0. The third kappa shape index (κ3) is 2.07. The fourth-order valence-corrected chi connectivity index (χ4v) is 4.83. The molecule has 4 heterocycles. The summed E-state index contributed by atoms with van der Waals surface area (Å²) < 4.78 is 6.63. The minimum Gasteiger partial charge on any atom is -0.618 e. The lowest BCUT2D eigenvalue weighted by atomic mass is 9.77. The predicted molar refractivity (Wildman–Crippen MR) is 90.0 cm³/mol. The molecule has 3 atom stereocenters. The molecule has 1 spiro atoms. The lowest BCUT2D eigenvalue weighted by Crippen LogP contribution is -2.48. The van der Waals surface area contributed by atoms with Crippen LogP contribution in [0.1, 0.15) is 31.4 Å². The molecule has 2 saturated heterocycles. The molecule has 25 heavy (non-hydrogen) atoms. The van der Waals surface area contributed by atoms with E-state index in [0.29, 0.717) is 5.69 Å². The third-order valence-electron chi connectivity index (χ3n) is 5.82. The van der Waals surface area contributed by atoms with Crippen LogP contribution in [0.15, 0.2) is 47.7 Å². The molecule has 0 saturated carbocycles. The van der Waals surface area contributed by atoms with Crippen LogP contribution in [0.2, 0.25) is 0 Å². The summed E-state index contributed by atoms with van der Waals surface area (Å²) in [6.45, 7) is 1.04. The number of aromatic nitrogens is 1. The number of carbonyl (C=O) groups excluding carboxylic acids is 1. The maximum atomic E-state index is 12.1. The number of hydrogen-bond donors (Lipinski definition) is 0. The molecule has 0 amide bonds. The van der Waals surface area contributed by atoms with E-state index in [2.05, 4.69) is 22.8 Å². The van der Waals surface area contributed by atoms with Crippen molar-refractivity contribution in [2.45, 2.75) is 43.4 Å². The van der Waals surface area contributed by atoms with E-state index in [-0.39, 0.29) is 18.1 Å². The number of rotatable bonds is 0. The molecule has 3 unspecified atom stereocenters. The number of fused-ring (bicyclic) bond motifs is 3. The summed E-state index contributed by atoms with van der Waals surface area (Å²) in [5.74, 6) is 5.83. The molecular weight excluding hydrogens is 316 g/mol. The van der Waals surface area contributed by atoms with Crippen molar-refractivity contribution in [3.63, 3.8) is 0 Å². The molecule has 5 rings (SSSR count). The van der Waals surface area contributed by atoms with Gasteiger partial charge in [-0.1, -0.05) is 18.4 Å². The summed E-state index contributed by atoms with van der Waals surface area (Å²) >= 11 is 0. The zero-order valence-electron chi connectivity index (χ0n) is 13.8. The normalized spacial score (nSPS) is 32.7. The highest BCUT2D eigenvalue weighted by molar-refractivity contribution is 5.90. The van der Waals surface area contributed by atoms with Crippen molar-refractivity contribution in [1.29, 1.82) is 0 Å². The summed E-state index contributed by atoms with van der Waals surface area (Å²) in [5, 5.41) is 11.8. The van der Waals surface area contributed by atoms with E-state index >= 15 is 0 Å². The second-order valence-electron chi connectivity index (χ2n) is 7.13. The molecule has 1 aromatic heterocycles. The van der Waals surface area contributed by atoms with Crippen LogP contribution in [0.25, 0.3) is 0 Å². The van der Waals surface area contributed by atoms with Crippen LogP contribution in [0.3, 0.4) is 0 Å². The first-order chi connectivity index (χ1) is 12.2. The molecule has 4 aliphatic rings. The van der Waals surface area contributed by atoms with Crippen molar-refractivity contribution in [1.82, 2.24) is 4.90 Å². The number of nitrogens with zero attached hydrogens (tertiary/aromatic N) is 2. The number of hydrogen-bond acceptors (Lipinski definition) is 4. The number of esters is 1. The highest BCUT2D eigenvalue weighted by atomic mass is 16.6. The average Bonchev–Trinajstić information content (AvgIpc) is 3.10. The van der Waals surface area contributed by atoms with Gasteiger partial charge in [-0.2, -0.15) is 4.73 Å². The van der Waals surface area contributed by atoms with E-state index in [1.54, 1.807) is 24.3 Å². The van der Waals surface area contributed by atoms with Crippen molar-refractivity contribution in [2.24, 2.45) is 0 Å². The molecule has 1 aliphatic carbocycles. The lowest BCUT2D eigenvalue weighted by molar-refractivity contribution is -0.608. The second-order valence-corrected chi connectivity index (χ2v) is 7.13. The Morgan fingerprint density at radius 3 is 3.12 bits per heavy atom. The topological polar surface area (TPSA) is 56.5 Å². The molecule has 0 N–H and O–H groups in total. The molecule has 126 valence electrons. The molecule has 3 aliphatic heterocycles. The lowest BCUT2D eigenvalue weighted by Gasteiger charge is -2.38. The number of ether oxygens (including phenoxy) is 1. The Morgan fingerprint density at radius 1 is 1.32 bits per heavy atom. The van der Waals surface area contributed by atoms with E-state index in [1.807, 2.05) is 0 Å². The Labute approximate surface area is 146 Å². The summed E-state index contributed by atoms with van der Waals surface area (Å²) in [6, 6.07) is 5.67. The minimum atomic E-state index is -0.537. The van der Waals surface area contributed by atoms with Crippen LogP contribution in [0.4, 0.5) is 0 Å². The SMILES string of the molecule is O=C1C=C2C(C#Cc3cccc[n+]3[O-])=CC3CC2(O1)C1CCCCN31. The van der Waals surface area contributed by atoms with Crippen molar-refractivity contribution in [3.8, 4) is 11.8 Å². The first-order valence-electron chi connectivity index (χ1n) is 8.81. The molecule has 5 nitrogen and oxygen atoms in total. The van der Waals surface area contributed by atoms with Gasteiger partial charge >= 0.3 is 5.97 Å². The molecular formula is C20H18N2O3. The Hall–Kier alpha value is -2.58. The van der Waals surface area contributed by atoms with Gasteiger partial charge in [0.15, 0.2) is 11.8 Å². The second kappa shape index (κ2) is 5.21. The summed E-state index contributed by atoms with van der Waals surface area (Å²) in [4.78, 5) is 14.6. The minimum absolute atomic E-state index is 0.251. The van der Waals surface area contributed by atoms with Crippen molar-refractivity contribution in [2.75, 3.05) is 6.54 Å². The van der Waals surface area contributed by atoms with E-state index in [9.17, 15) is 10.0 Å². The fourth-order valence-electron chi connectivity index (χ4n) is 4.83. The molecule has 2 bridgehead atoms. The Bertz CT molecular complexity index is 892. The fraction of sp³-hybridized carbons (Fsp3) is 0.400. The first kappa shape index (κ1) is 14.7. The van der Waals surface area contributed by atoms with E-state index in [1.165, 1.54) is 19.0 Å². The van der Waals surface area contributed by atoms with Crippen LogP contribution >= 0.6 is 0 Å². The van der Waals surface area contributed by atoms with Gasteiger partial charge in [0.25, 0.3) is 5.69 Å². The van der Waals surface area contributed by atoms with Gasteiger partial charge in [-0.3, -0.25) is 4.90 Å². The standard InChI is InChI=1S/C20H18N2O3/c23-19-12-17-14(7-8-15-5-1-4-10-22(15)24)11-16-13-20(17,25-19)18-6-2-3-9-21(16)18/h1,4-5,10-12,16,18H,2-3,6,9,13H2. The van der Waals surface area contributed by atoms with Gasteiger partial charge in [0.05, 0.1) is 6.04 Å². The summed E-state index contributed by atoms with van der Waals surface area (Å²) in [6.07, 6.45) is 9.43. The zero-order valence-corrected chi connectivity index (χ0v) is 13.8. The third-order valence-corrected chi connectivity index (χ3v) is 5.82. The molecule has 0 radical (unpaired) electrons. The Morgan fingerprint density at radius 2 is 2.24 bits per heavy atom. The predicted octanol–water partition coefficient (Wildman–Crippen LogP) is 1.46. The molecule has 1 aromatic rings. The van der Waals surface area contributed by atoms with E-state index in [4.69, 9.17) is 4.74 Å².